The molecule has 3 N–H and O–H groups in total. The number of aryl methyl sites for hydroxylation is 3. The van der Waals surface area contributed by atoms with Gasteiger partial charge in [-0.3, -0.25) is 4.68 Å². The third kappa shape index (κ3) is 2.47. The molecule has 0 aliphatic carbocycles. The maximum Gasteiger partial charge on any atom is 0.156 e. The Bertz CT molecular complexity index is 529. The number of anilines is 2. The number of aromatic nitrogens is 3. The van der Waals surface area contributed by atoms with E-state index in [4.69, 9.17) is 10.3 Å². The molecule has 0 atom stereocenters. The van der Waals surface area contributed by atoms with E-state index in [0.29, 0.717) is 6.54 Å². The molecular formula is C12H19N5O. The molecule has 0 aliphatic heterocycles. The van der Waals surface area contributed by atoms with Gasteiger partial charge in [0, 0.05) is 13.1 Å². The van der Waals surface area contributed by atoms with Crippen molar-refractivity contribution < 1.29 is 4.52 Å². The van der Waals surface area contributed by atoms with Crippen molar-refractivity contribution in [2.24, 2.45) is 7.05 Å². The van der Waals surface area contributed by atoms with Gasteiger partial charge >= 0.3 is 0 Å². The lowest BCUT2D eigenvalue weighted by molar-refractivity contribution is 0.384. The minimum absolute atomic E-state index is 0.552. The second-order valence-corrected chi connectivity index (χ2v) is 4.37. The Hall–Kier alpha value is -1.98. The van der Waals surface area contributed by atoms with Crippen molar-refractivity contribution >= 4 is 11.5 Å². The summed E-state index contributed by atoms with van der Waals surface area (Å²) in [5, 5.41) is 11.5. The van der Waals surface area contributed by atoms with Crippen LogP contribution in [0.4, 0.5) is 11.5 Å². The largest absolute Gasteiger partial charge is 0.394 e. The van der Waals surface area contributed by atoms with Crippen LogP contribution in [0.2, 0.25) is 0 Å². The van der Waals surface area contributed by atoms with Gasteiger partial charge in [-0.15, -0.1) is 0 Å². The quantitative estimate of drug-likeness (QED) is 0.845. The van der Waals surface area contributed by atoms with Gasteiger partial charge in [0.1, 0.15) is 5.82 Å². The van der Waals surface area contributed by atoms with E-state index in [1.165, 1.54) is 0 Å². The van der Waals surface area contributed by atoms with Crippen molar-refractivity contribution in [2.45, 2.75) is 33.2 Å². The van der Waals surface area contributed by atoms with Gasteiger partial charge in [-0.1, -0.05) is 18.5 Å². The van der Waals surface area contributed by atoms with Crippen LogP contribution in [-0.4, -0.2) is 14.9 Å². The van der Waals surface area contributed by atoms with Gasteiger partial charge in [-0.05, 0) is 13.3 Å². The Balaban J connectivity index is 2.09. The van der Waals surface area contributed by atoms with Gasteiger partial charge in [0.05, 0.1) is 23.6 Å². The van der Waals surface area contributed by atoms with Crippen LogP contribution in [-0.2, 0) is 20.0 Å². The summed E-state index contributed by atoms with van der Waals surface area (Å²) in [5.74, 6) is 1.61. The van der Waals surface area contributed by atoms with Crippen LogP contribution in [0, 0.1) is 6.92 Å². The summed E-state index contributed by atoms with van der Waals surface area (Å²) in [5.41, 5.74) is 8.60. The van der Waals surface area contributed by atoms with Gasteiger partial charge in [0.2, 0.25) is 0 Å². The predicted molar refractivity (Wildman–Crippen MR) is 70.2 cm³/mol. The van der Waals surface area contributed by atoms with Gasteiger partial charge in [-0.25, -0.2) is 0 Å². The molecule has 6 nitrogen and oxygen atoms in total. The summed E-state index contributed by atoms with van der Waals surface area (Å²) in [6.45, 7) is 4.56. The molecule has 0 amide bonds. The van der Waals surface area contributed by atoms with Gasteiger partial charge in [0.15, 0.2) is 5.76 Å². The SMILES string of the molecule is CCCc1nn(C)c(NCc2cc(C)no2)c1N. The molecule has 6 heteroatoms. The fraction of sp³-hybridized carbons (Fsp3) is 0.500. The highest BCUT2D eigenvalue weighted by molar-refractivity contribution is 5.65. The lowest BCUT2D eigenvalue weighted by Crippen LogP contribution is -2.05. The second-order valence-electron chi connectivity index (χ2n) is 4.37. The Morgan fingerprint density at radius 2 is 2.28 bits per heavy atom. The molecule has 0 saturated heterocycles. The fourth-order valence-electron chi connectivity index (χ4n) is 1.90. The molecule has 0 aliphatic rings. The number of rotatable bonds is 5. The Labute approximate surface area is 106 Å². The summed E-state index contributed by atoms with van der Waals surface area (Å²) < 4.78 is 6.90. The number of hydrogen-bond acceptors (Lipinski definition) is 5. The summed E-state index contributed by atoms with van der Waals surface area (Å²) in [6, 6.07) is 1.90. The van der Waals surface area contributed by atoms with Crippen molar-refractivity contribution in [1.82, 2.24) is 14.9 Å². The van der Waals surface area contributed by atoms with E-state index in [1.54, 1.807) is 4.68 Å². The first-order chi connectivity index (χ1) is 8.61. The number of nitrogens with two attached hydrogens (primary N) is 1. The maximum atomic E-state index is 6.07. The van der Waals surface area contributed by atoms with Gasteiger partial charge < -0.3 is 15.6 Å². The van der Waals surface area contributed by atoms with Gasteiger partial charge in [0.25, 0.3) is 0 Å². The number of nitrogens with zero attached hydrogens (tertiary/aromatic N) is 3. The molecule has 0 bridgehead atoms. The number of nitrogen functional groups attached to an aromatic ring is 1. The first-order valence-corrected chi connectivity index (χ1v) is 6.09. The average Bonchev–Trinajstić information content (AvgIpc) is 2.84. The monoisotopic (exact) mass is 249 g/mol. The Morgan fingerprint density at radius 3 is 2.89 bits per heavy atom. The molecule has 2 heterocycles. The van der Waals surface area contributed by atoms with Crippen molar-refractivity contribution in [1.29, 1.82) is 0 Å². The molecule has 2 aromatic rings. The third-order valence-electron chi connectivity index (χ3n) is 2.75. The fourth-order valence-corrected chi connectivity index (χ4v) is 1.90. The Morgan fingerprint density at radius 1 is 1.50 bits per heavy atom. The van der Waals surface area contributed by atoms with Crippen molar-refractivity contribution in [3.05, 3.63) is 23.2 Å². The molecule has 0 saturated carbocycles. The standard InChI is InChI=1S/C12H19N5O/c1-4-5-10-11(13)12(17(3)15-10)14-7-9-6-8(2)16-18-9/h6,14H,4-5,7,13H2,1-3H3. The minimum atomic E-state index is 0.552. The molecule has 0 fully saturated rings. The van der Waals surface area contributed by atoms with E-state index in [0.717, 1.165) is 41.5 Å². The van der Waals surface area contributed by atoms with Crippen molar-refractivity contribution in [3.8, 4) is 0 Å². The van der Waals surface area contributed by atoms with Crippen LogP contribution < -0.4 is 11.1 Å². The predicted octanol–water partition coefficient (Wildman–Crippen LogP) is 1.86. The van der Waals surface area contributed by atoms with Crippen LogP contribution in [0.5, 0.6) is 0 Å². The summed E-state index contributed by atoms with van der Waals surface area (Å²) in [7, 11) is 1.88. The van der Waals surface area contributed by atoms with E-state index in [9.17, 15) is 0 Å². The molecule has 18 heavy (non-hydrogen) atoms. The number of nitrogens with one attached hydrogen (secondary N) is 1. The van der Waals surface area contributed by atoms with E-state index in [-0.39, 0.29) is 0 Å². The lowest BCUT2D eigenvalue weighted by Gasteiger charge is -2.05. The van der Waals surface area contributed by atoms with E-state index in [1.807, 2.05) is 20.0 Å². The number of hydrogen-bond donors (Lipinski definition) is 2. The van der Waals surface area contributed by atoms with E-state index < -0.39 is 0 Å². The zero-order valence-corrected chi connectivity index (χ0v) is 11.0. The van der Waals surface area contributed by atoms with E-state index in [2.05, 4.69) is 22.5 Å². The van der Waals surface area contributed by atoms with E-state index >= 15 is 0 Å². The smallest absolute Gasteiger partial charge is 0.156 e. The molecular weight excluding hydrogens is 230 g/mol. The highest BCUT2D eigenvalue weighted by atomic mass is 16.5. The van der Waals surface area contributed by atoms with Crippen molar-refractivity contribution in [3.63, 3.8) is 0 Å². The highest BCUT2D eigenvalue weighted by Crippen LogP contribution is 2.23. The molecule has 0 radical (unpaired) electrons. The summed E-state index contributed by atoms with van der Waals surface area (Å²) in [4.78, 5) is 0. The van der Waals surface area contributed by atoms with Crippen molar-refractivity contribution in [2.75, 3.05) is 11.1 Å². The zero-order valence-electron chi connectivity index (χ0n) is 11.0. The molecule has 0 spiro atoms. The maximum absolute atomic E-state index is 6.07. The summed E-state index contributed by atoms with van der Waals surface area (Å²) in [6.07, 6.45) is 1.92. The lowest BCUT2D eigenvalue weighted by atomic mass is 10.2. The molecule has 98 valence electrons. The van der Waals surface area contributed by atoms with Crippen LogP contribution in [0.1, 0.15) is 30.5 Å². The summed E-state index contributed by atoms with van der Waals surface area (Å²) >= 11 is 0. The van der Waals surface area contributed by atoms with Crippen LogP contribution >= 0.6 is 0 Å². The van der Waals surface area contributed by atoms with Crippen LogP contribution in [0.3, 0.4) is 0 Å². The Kier molecular flexibility index (Phi) is 3.55. The first kappa shape index (κ1) is 12.5. The average molecular weight is 249 g/mol. The first-order valence-electron chi connectivity index (χ1n) is 6.09. The second kappa shape index (κ2) is 5.12. The van der Waals surface area contributed by atoms with Crippen LogP contribution in [0.15, 0.2) is 10.6 Å². The highest BCUT2D eigenvalue weighted by Gasteiger charge is 2.12. The molecule has 0 unspecified atom stereocenters. The minimum Gasteiger partial charge on any atom is -0.394 e. The third-order valence-corrected chi connectivity index (χ3v) is 2.75. The zero-order chi connectivity index (χ0) is 13.1. The normalized spacial score (nSPS) is 10.8. The van der Waals surface area contributed by atoms with Gasteiger partial charge in [-0.2, -0.15) is 5.10 Å². The topological polar surface area (TPSA) is 81.9 Å². The van der Waals surface area contributed by atoms with Crippen LogP contribution in [0.25, 0.3) is 0 Å². The molecule has 2 rings (SSSR count). The molecule has 0 aromatic carbocycles. The molecule has 2 aromatic heterocycles.